The van der Waals surface area contributed by atoms with Gasteiger partial charge in [-0.1, -0.05) is 0 Å². The van der Waals surface area contributed by atoms with Crippen molar-refractivity contribution < 1.29 is 23.1 Å². The Kier molecular flexibility index (Phi) is 5.69. The molecule has 28 heavy (non-hydrogen) atoms. The number of nitro groups is 1. The molecule has 10 heteroatoms. The molecule has 1 aromatic carbocycles. The number of hydrogen-bond acceptors (Lipinski definition) is 7. The molecule has 1 fully saturated rings. The van der Waals surface area contributed by atoms with Crippen LogP contribution in [-0.4, -0.2) is 49.0 Å². The second kappa shape index (κ2) is 7.86. The van der Waals surface area contributed by atoms with Crippen molar-refractivity contribution in [3.05, 3.63) is 28.3 Å². The number of hydrogen-bond donors (Lipinski definition) is 0. The van der Waals surface area contributed by atoms with E-state index in [9.17, 15) is 19.1 Å². The van der Waals surface area contributed by atoms with E-state index in [1.807, 2.05) is 0 Å². The number of benzene rings is 1. The standard InChI is InChI=1S/C18H23N3O6S/c1-18(2,3)27-17(22)20-9-5-4-6-13(20)11-28(25)16-19-14-10-12(21(23)24)7-8-15(14)26-16/h7-8,10,13H,4-6,9,11H2,1-3H3/t13-,28-/m0/s1. The quantitative estimate of drug-likeness (QED) is 0.559. The topological polar surface area (TPSA) is 116 Å². The molecule has 152 valence electrons. The van der Waals surface area contributed by atoms with Crippen molar-refractivity contribution in [2.75, 3.05) is 12.3 Å². The van der Waals surface area contributed by atoms with Crippen molar-refractivity contribution >= 4 is 33.7 Å². The molecule has 2 heterocycles. The predicted octanol–water partition coefficient (Wildman–Crippen LogP) is 3.63. The number of ether oxygens (including phenoxy) is 1. The number of aromatic nitrogens is 1. The number of piperidine rings is 1. The van der Waals surface area contributed by atoms with Crippen LogP contribution < -0.4 is 0 Å². The largest absolute Gasteiger partial charge is 0.444 e. The minimum absolute atomic E-state index is 0.00482. The van der Waals surface area contributed by atoms with Crippen LogP contribution in [0.15, 0.2) is 27.8 Å². The van der Waals surface area contributed by atoms with Crippen LogP contribution in [-0.2, 0) is 15.5 Å². The van der Waals surface area contributed by atoms with Gasteiger partial charge in [-0.15, -0.1) is 0 Å². The number of carbonyl (C=O) groups is 1. The summed E-state index contributed by atoms with van der Waals surface area (Å²) in [7, 11) is -1.59. The summed E-state index contributed by atoms with van der Waals surface area (Å²) in [4.78, 5) is 28.6. The van der Waals surface area contributed by atoms with Gasteiger partial charge in [0.15, 0.2) is 5.58 Å². The van der Waals surface area contributed by atoms with Crippen LogP contribution >= 0.6 is 0 Å². The first kappa shape index (κ1) is 20.2. The fraction of sp³-hybridized carbons (Fsp3) is 0.556. The Balaban J connectivity index is 1.75. The molecule has 9 nitrogen and oxygen atoms in total. The van der Waals surface area contributed by atoms with Crippen LogP contribution in [0.5, 0.6) is 0 Å². The monoisotopic (exact) mass is 409 g/mol. The molecule has 0 radical (unpaired) electrons. The van der Waals surface area contributed by atoms with Gasteiger partial charge >= 0.3 is 6.09 Å². The van der Waals surface area contributed by atoms with Crippen molar-refractivity contribution in [3.63, 3.8) is 0 Å². The molecule has 1 aromatic heterocycles. The van der Waals surface area contributed by atoms with Gasteiger partial charge in [-0.2, -0.15) is 0 Å². The highest BCUT2D eigenvalue weighted by molar-refractivity contribution is 7.84. The molecule has 0 spiro atoms. The molecule has 0 saturated carbocycles. The number of oxazole rings is 1. The highest BCUT2D eigenvalue weighted by Gasteiger charge is 2.32. The van der Waals surface area contributed by atoms with Gasteiger partial charge < -0.3 is 14.1 Å². The molecular formula is C18H23N3O6S. The van der Waals surface area contributed by atoms with E-state index in [4.69, 9.17) is 9.15 Å². The molecule has 1 aliphatic heterocycles. The fourth-order valence-corrected chi connectivity index (χ4v) is 4.31. The van der Waals surface area contributed by atoms with Gasteiger partial charge in [0.05, 0.1) is 10.7 Å². The van der Waals surface area contributed by atoms with Gasteiger partial charge in [-0.3, -0.25) is 10.1 Å². The van der Waals surface area contributed by atoms with Crippen molar-refractivity contribution in [2.45, 2.75) is 56.9 Å². The molecule has 1 aliphatic rings. The van der Waals surface area contributed by atoms with E-state index in [0.717, 1.165) is 19.3 Å². The first-order chi connectivity index (χ1) is 13.1. The second-order valence-corrected chi connectivity index (χ2v) is 9.10. The Labute approximate surface area is 164 Å². The number of nitrogens with zero attached hydrogens (tertiary/aromatic N) is 3. The van der Waals surface area contributed by atoms with E-state index < -0.39 is 27.4 Å². The summed E-state index contributed by atoms with van der Waals surface area (Å²) in [5, 5.41) is 10.9. The van der Waals surface area contributed by atoms with E-state index >= 15 is 0 Å². The van der Waals surface area contributed by atoms with Gasteiger partial charge in [0.1, 0.15) is 21.9 Å². The maximum absolute atomic E-state index is 12.8. The average molecular weight is 409 g/mol. The van der Waals surface area contributed by atoms with Crippen molar-refractivity contribution in [1.82, 2.24) is 9.88 Å². The zero-order chi connectivity index (χ0) is 20.5. The van der Waals surface area contributed by atoms with Crippen molar-refractivity contribution in [3.8, 4) is 0 Å². The molecule has 2 atom stereocenters. The Morgan fingerprint density at radius 1 is 1.43 bits per heavy atom. The van der Waals surface area contributed by atoms with Crippen LogP contribution in [0, 0.1) is 10.1 Å². The van der Waals surface area contributed by atoms with Gasteiger partial charge in [0, 0.05) is 24.7 Å². The van der Waals surface area contributed by atoms with Crippen LogP contribution in [0.25, 0.3) is 11.1 Å². The van der Waals surface area contributed by atoms with Crippen molar-refractivity contribution in [1.29, 1.82) is 0 Å². The Bertz CT molecular complexity index is 920. The van der Waals surface area contributed by atoms with Gasteiger partial charge in [0.25, 0.3) is 10.9 Å². The molecule has 0 N–H and O–H groups in total. The number of rotatable bonds is 4. The summed E-state index contributed by atoms with van der Waals surface area (Å²) in [5.41, 5.74) is -0.0962. The minimum Gasteiger partial charge on any atom is -0.444 e. The number of likely N-dealkylation sites (tertiary alicyclic amines) is 1. The maximum atomic E-state index is 12.8. The second-order valence-electron chi connectivity index (χ2n) is 7.72. The zero-order valence-corrected chi connectivity index (χ0v) is 16.9. The first-order valence-electron chi connectivity index (χ1n) is 9.07. The number of amides is 1. The Morgan fingerprint density at radius 2 is 2.18 bits per heavy atom. The maximum Gasteiger partial charge on any atom is 0.410 e. The number of non-ortho nitro benzene ring substituents is 1. The molecule has 1 amide bonds. The van der Waals surface area contributed by atoms with Crippen LogP contribution in [0.3, 0.4) is 0 Å². The van der Waals surface area contributed by atoms with E-state index in [-0.39, 0.29) is 28.2 Å². The number of fused-ring (bicyclic) bond motifs is 1. The Hall–Kier alpha value is -2.49. The minimum atomic E-state index is -1.59. The van der Waals surface area contributed by atoms with Crippen molar-refractivity contribution in [2.24, 2.45) is 0 Å². The van der Waals surface area contributed by atoms with Gasteiger partial charge in [-0.05, 0) is 46.1 Å². The zero-order valence-electron chi connectivity index (χ0n) is 16.0. The van der Waals surface area contributed by atoms with E-state index in [2.05, 4.69) is 4.98 Å². The molecule has 0 bridgehead atoms. The highest BCUT2D eigenvalue weighted by atomic mass is 32.2. The number of carbonyl (C=O) groups excluding carboxylic acids is 1. The summed E-state index contributed by atoms with van der Waals surface area (Å²) in [6.07, 6.45) is 2.11. The third-order valence-electron chi connectivity index (χ3n) is 4.36. The molecule has 0 aliphatic carbocycles. The van der Waals surface area contributed by atoms with E-state index in [1.165, 1.54) is 18.2 Å². The van der Waals surface area contributed by atoms with E-state index in [1.54, 1.807) is 25.7 Å². The lowest BCUT2D eigenvalue weighted by Crippen LogP contribution is -2.48. The SMILES string of the molecule is CC(C)(C)OC(=O)N1CCCC[C@H]1C[S@](=O)c1nc2cc([N+](=O)[O-])ccc2o1. The first-order valence-corrected chi connectivity index (χ1v) is 10.4. The van der Waals surface area contributed by atoms with Crippen LogP contribution in [0.4, 0.5) is 10.5 Å². The smallest absolute Gasteiger partial charge is 0.410 e. The molecule has 2 aromatic rings. The number of nitro benzene ring substituents is 1. The Morgan fingerprint density at radius 3 is 2.86 bits per heavy atom. The van der Waals surface area contributed by atoms with E-state index in [0.29, 0.717) is 12.1 Å². The summed E-state index contributed by atoms with van der Waals surface area (Å²) >= 11 is 0. The molecular weight excluding hydrogens is 386 g/mol. The third kappa shape index (κ3) is 4.67. The summed E-state index contributed by atoms with van der Waals surface area (Å²) in [5.74, 6) is 0.175. The lowest BCUT2D eigenvalue weighted by atomic mass is 10.0. The highest BCUT2D eigenvalue weighted by Crippen LogP contribution is 2.25. The molecule has 0 unspecified atom stereocenters. The summed E-state index contributed by atoms with van der Waals surface area (Å²) in [6, 6.07) is 3.79. The summed E-state index contributed by atoms with van der Waals surface area (Å²) in [6.45, 7) is 5.97. The molecule has 1 saturated heterocycles. The lowest BCUT2D eigenvalue weighted by molar-refractivity contribution is -0.384. The predicted molar refractivity (Wildman–Crippen MR) is 103 cm³/mol. The lowest BCUT2D eigenvalue weighted by Gasteiger charge is -2.36. The van der Waals surface area contributed by atoms with Gasteiger partial charge in [-0.25, -0.2) is 14.0 Å². The van der Waals surface area contributed by atoms with Gasteiger partial charge in [0.2, 0.25) is 0 Å². The fourth-order valence-electron chi connectivity index (χ4n) is 3.09. The normalized spacial score (nSPS) is 18.8. The third-order valence-corrected chi connectivity index (χ3v) is 5.61. The summed E-state index contributed by atoms with van der Waals surface area (Å²) < 4.78 is 23.8. The van der Waals surface area contributed by atoms with Crippen LogP contribution in [0.1, 0.15) is 40.0 Å². The van der Waals surface area contributed by atoms with Crippen LogP contribution in [0.2, 0.25) is 0 Å². The average Bonchev–Trinajstić information content (AvgIpc) is 3.04. The molecule has 3 rings (SSSR count).